The molecule has 1 aromatic heterocycles. The number of pyridine rings is 1. The average molecular weight is 217 g/mol. The zero-order valence-electron chi connectivity index (χ0n) is 8.87. The second-order valence-corrected chi connectivity index (χ2v) is 3.56. The van der Waals surface area contributed by atoms with Gasteiger partial charge in [0, 0.05) is 0 Å². The SMILES string of the molecule is Cc1ccc(F)c(Nc2cccc(N)n2)c1. The van der Waals surface area contributed by atoms with Crippen LogP contribution < -0.4 is 11.1 Å². The lowest BCUT2D eigenvalue weighted by Crippen LogP contribution is -1.98. The van der Waals surface area contributed by atoms with E-state index in [0.717, 1.165) is 5.56 Å². The molecule has 3 nitrogen and oxygen atoms in total. The minimum Gasteiger partial charge on any atom is -0.384 e. The van der Waals surface area contributed by atoms with Crippen LogP contribution in [-0.4, -0.2) is 4.98 Å². The van der Waals surface area contributed by atoms with E-state index >= 15 is 0 Å². The molecule has 1 aromatic carbocycles. The number of aryl methyl sites for hydroxylation is 1. The van der Waals surface area contributed by atoms with Gasteiger partial charge in [0.15, 0.2) is 0 Å². The summed E-state index contributed by atoms with van der Waals surface area (Å²) in [6, 6.07) is 10.0. The Labute approximate surface area is 93.1 Å². The first-order valence-corrected chi connectivity index (χ1v) is 4.91. The molecule has 4 heteroatoms. The lowest BCUT2D eigenvalue weighted by atomic mass is 10.2. The van der Waals surface area contributed by atoms with Gasteiger partial charge in [0.1, 0.15) is 17.5 Å². The van der Waals surface area contributed by atoms with Gasteiger partial charge in [-0.2, -0.15) is 0 Å². The summed E-state index contributed by atoms with van der Waals surface area (Å²) in [5.41, 5.74) is 6.92. The zero-order valence-corrected chi connectivity index (χ0v) is 8.87. The maximum absolute atomic E-state index is 13.4. The molecule has 16 heavy (non-hydrogen) atoms. The summed E-state index contributed by atoms with van der Waals surface area (Å²) in [5.74, 6) is 0.623. The minimum absolute atomic E-state index is 0.310. The molecule has 1 heterocycles. The summed E-state index contributed by atoms with van der Waals surface area (Å²) in [7, 11) is 0. The molecule has 0 spiro atoms. The predicted octanol–water partition coefficient (Wildman–Crippen LogP) is 2.85. The number of anilines is 3. The Hall–Kier alpha value is -2.10. The van der Waals surface area contributed by atoms with Gasteiger partial charge in [-0.1, -0.05) is 12.1 Å². The summed E-state index contributed by atoms with van der Waals surface area (Å²) < 4.78 is 13.4. The highest BCUT2D eigenvalue weighted by molar-refractivity contribution is 5.59. The van der Waals surface area contributed by atoms with Gasteiger partial charge in [0.25, 0.3) is 0 Å². The van der Waals surface area contributed by atoms with E-state index in [-0.39, 0.29) is 5.82 Å². The average Bonchev–Trinajstić information content (AvgIpc) is 2.24. The van der Waals surface area contributed by atoms with Gasteiger partial charge in [-0.25, -0.2) is 9.37 Å². The Kier molecular flexibility index (Phi) is 2.72. The Morgan fingerprint density at radius 1 is 1.25 bits per heavy atom. The van der Waals surface area contributed by atoms with Gasteiger partial charge in [-0.15, -0.1) is 0 Å². The number of nitrogens with one attached hydrogen (secondary N) is 1. The number of hydrogen-bond acceptors (Lipinski definition) is 3. The molecule has 0 saturated heterocycles. The van der Waals surface area contributed by atoms with E-state index in [2.05, 4.69) is 10.3 Å². The van der Waals surface area contributed by atoms with Gasteiger partial charge in [-0.3, -0.25) is 0 Å². The summed E-state index contributed by atoms with van der Waals surface area (Å²) in [5, 5.41) is 2.89. The molecule has 0 aliphatic carbocycles. The number of benzene rings is 1. The molecule has 0 unspecified atom stereocenters. The van der Waals surface area contributed by atoms with Crippen molar-refractivity contribution in [3.05, 3.63) is 47.8 Å². The lowest BCUT2D eigenvalue weighted by molar-refractivity contribution is 0.631. The lowest BCUT2D eigenvalue weighted by Gasteiger charge is -2.07. The van der Waals surface area contributed by atoms with Crippen LogP contribution in [0.15, 0.2) is 36.4 Å². The molecule has 3 N–H and O–H groups in total. The van der Waals surface area contributed by atoms with Crippen molar-refractivity contribution in [3.63, 3.8) is 0 Å². The number of halogens is 1. The third-order valence-corrected chi connectivity index (χ3v) is 2.16. The van der Waals surface area contributed by atoms with Crippen molar-refractivity contribution >= 4 is 17.3 Å². The molecule has 0 fully saturated rings. The van der Waals surface area contributed by atoms with Crippen LogP contribution in [0.2, 0.25) is 0 Å². The number of rotatable bonds is 2. The maximum Gasteiger partial charge on any atom is 0.146 e. The topological polar surface area (TPSA) is 50.9 Å². The van der Waals surface area contributed by atoms with E-state index in [1.165, 1.54) is 6.07 Å². The summed E-state index contributed by atoms with van der Waals surface area (Å²) in [4.78, 5) is 4.04. The first kappa shape index (κ1) is 10.4. The molecule has 0 radical (unpaired) electrons. The van der Waals surface area contributed by atoms with Crippen LogP contribution in [0.25, 0.3) is 0 Å². The first-order valence-electron chi connectivity index (χ1n) is 4.91. The maximum atomic E-state index is 13.4. The second-order valence-electron chi connectivity index (χ2n) is 3.56. The van der Waals surface area contributed by atoms with Gasteiger partial charge < -0.3 is 11.1 Å². The van der Waals surface area contributed by atoms with Crippen molar-refractivity contribution in [3.8, 4) is 0 Å². The van der Waals surface area contributed by atoms with E-state index in [1.807, 2.05) is 6.92 Å². The van der Waals surface area contributed by atoms with Gasteiger partial charge in [0.05, 0.1) is 5.69 Å². The van der Waals surface area contributed by atoms with Crippen LogP contribution in [-0.2, 0) is 0 Å². The van der Waals surface area contributed by atoms with Gasteiger partial charge >= 0.3 is 0 Å². The fraction of sp³-hybridized carbons (Fsp3) is 0.0833. The van der Waals surface area contributed by atoms with Crippen LogP contribution in [0.4, 0.5) is 21.7 Å². The van der Waals surface area contributed by atoms with Crippen LogP contribution in [0.3, 0.4) is 0 Å². The molecule has 82 valence electrons. The van der Waals surface area contributed by atoms with Gasteiger partial charge in [-0.05, 0) is 36.8 Å². The highest BCUT2D eigenvalue weighted by Crippen LogP contribution is 2.20. The van der Waals surface area contributed by atoms with E-state index in [4.69, 9.17) is 5.73 Å². The highest BCUT2D eigenvalue weighted by atomic mass is 19.1. The van der Waals surface area contributed by atoms with Crippen molar-refractivity contribution in [1.29, 1.82) is 0 Å². The van der Waals surface area contributed by atoms with Crippen molar-refractivity contribution in [2.75, 3.05) is 11.1 Å². The van der Waals surface area contributed by atoms with Crippen LogP contribution in [0.1, 0.15) is 5.56 Å². The Balaban J connectivity index is 2.30. The summed E-state index contributed by atoms with van der Waals surface area (Å²) in [6.07, 6.45) is 0. The van der Waals surface area contributed by atoms with Crippen LogP contribution in [0, 0.1) is 12.7 Å². The quantitative estimate of drug-likeness (QED) is 0.813. The van der Waals surface area contributed by atoms with Crippen LogP contribution >= 0.6 is 0 Å². The smallest absolute Gasteiger partial charge is 0.146 e. The number of nitrogens with zero attached hydrogens (tertiary/aromatic N) is 1. The molecular formula is C12H12FN3. The Bertz CT molecular complexity index is 511. The molecule has 0 aliphatic heterocycles. The monoisotopic (exact) mass is 217 g/mol. The summed E-state index contributed by atoms with van der Waals surface area (Å²) >= 11 is 0. The molecule has 2 rings (SSSR count). The first-order chi connectivity index (χ1) is 7.65. The van der Waals surface area contributed by atoms with E-state index in [9.17, 15) is 4.39 Å². The van der Waals surface area contributed by atoms with Crippen LogP contribution in [0.5, 0.6) is 0 Å². The zero-order chi connectivity index (χ0) is 11.5. The second kappa shape index (κ2) is 4.18. The standard InChI is InChI=1S/C12H12FN3/c1-8-5-6-9(13)10(7-8)15-12-4-2-3-11(14)16-12/h2-7H,1H3,(H3,14,15,16). The Morgan fingerprint density at radius 2 is 2.06 bits per heavy atom. The molecule has 2 aromatic rings. The van der Waals surface area contributed by atoms with Crippen molar-refractivity contribution < 1.29 is 4.39 Å². The number of aromatic nitrogens is 1. The number of nitrogens with two attached hydrogens (primary N) is 1. The van der Waals surface area contributed by atoms with E-state index < -0.39 is 0 Å². The number of nitrogen functional groups attached to an aromatic ring is 1. The third-order valence-electron chi connectivity index (χ3n) is 2.16. The number of hydrogen-bond donors (Lipinski definition) is 2. The Morgan fingerprint density at radius 3 is 2.81 bits per heavy atom. The van der Waals surface area contributed by atoms with Crippen molar-refractivity contribution in [2.45, 2.75) is 6.92 Å². The highest BCUT2D eigenvalue weighted by Gasteiger charge is 2.03. The van der Waals surface area contributed by atoms with E-state index in [1.54, 1.807) is 30.3 Å². The predicted molar refractivity (Wildman–Crippen MR) is 63.1 cm³/mol. The van der Waals surface area contributed by atoms with Crippen molar-refractivity contribution in [2.24, 2.45) is 0 Å². The fourth-order valence-corrected chi connectivity index (χ4v) is 1.39. The molecular weight excluding hydrogens is 205 g/mol. The molecule has 0 saturated carbocycles. The largest absolute Gasteiger partial charge is 0.384 e. The van der Waals surface area contributed by atoms with Crippen molar-refractivity contribution in [1.82, 2.24) is 4.98 Å². The van der Waals surface area contributed by atoms with E-state index in [0.29, 0.717) is 17.3 Å². The molecule has 0 amide bonds. The minimum atomic E-state index is -0.310. The van der Waals surface area contributed by atoms with Gasteiger partial charge in [0.2, 0.25) is 0 Å². The normalized spacial score (nSPS) is 10.1. The molecule has 0 atom stereocenters. The molecule has 0 bridgehead atoms. The fourth-order valence-electron chi connectivity index (χ4n) is 1.39. The molecule has 0 aliphatic rings. The third kappa shape index (κ3) is 2.28. The summed E-state index contributed by atoms with van der Waals surface area (Å²) in [6.45, 7) is 1.90.